The van der Waals surface area contributed by atoms with Crippen LogP contribution in [0.5, 0.6) is 11.5 Å². The maximum absolute atomic E-state index is 12.5. The Labute approximate surface area is 118 Å². The Morgan fingerprint density at radius 1 is 1.45 bits per heavy atom. The maximum Gasteiger partial charge on any atom is 0.254 e. The SMILES string of the molecule is COc1ccc(C(=O)N2CCCC2CC(C)=O)cc1O. The maximum atomic E-state index is 12.5. The van der Waals surface area contributed by atoms with Crippen LogP contribution in [0.25, 0.3) is 0 Å². The Bertz CT molecular complexity index is 527. The summed E-state index contributed by atoms with van der Waals surface area (Å²) in [7, 11) is 1.46. The molecule has 1 heterocycles. The molecule has 0 bridgehead atoms. The Hall–Kier alpha value is -2.04. The molecule has 0 radical (unpaired) electrons. The molecule has 0 spiro atoms. The minimum absolute atomic E-state index is 0.0238. The molecular weight excluding hydrogens is 258 g/mol. The lowest BCUT2D eigenvalue weighted by Crippen LogP contribution is -2.36. The van der Waals surface area contributed by atoms with E-state index in [1.165, 1.54) is 13.2 Å². The standard InChI is InChI=1S/C15H19NO4/c1-10(17)8-12-4-3-7-16(12)15(19)11-5-6-14(20-2)13(18)9-11/h5-6,9,12,18H,3-4,7-8H2,1-2H3. The van der Waals surface area contributed by atoms with Crippen molar-refractivity contribution in [2.75, 3.05) is 13.7 Å². The molecular formula is C15H19NO4. The number of ether oxygens (including phenoxy) is 1. The summed E-state index contributed by atoms with van der Waals surface area (Å²) < 4.78 is 4.96. The quantitative estimate of drug-likeness (QED) is 0.914. The van der Waals surface area contributed by atoms with Gasteiger partial charge in [0.25, 0.3) is 5.91 Å². The topological polar surface area (TPSA) is 66.8 Å². The van der Waals surface area contributed by atoms with Crippen molar-refractivity contribution in [2.24, 2.45) is 0 Å². The highest BCUT2D eigenvalue weighted by Gasteiger charge is 2.30. The lowest BCUT2D eigenvalue weighted by Gasteiger charge is -2.24. The van der Waals surface area contributed by atoms with Gasteiger partial charge in [-0.15, -0.1) is 0 Å². The fraction of sp³-hybridized carbons (Fsp3) is 0.467. The first-order valence-corrected chi connectivity index (χ1v) is 6.70. The van der Waals surface area contributed by atoms with E-state index in [4.69, 9.17) is 4.74 Å². The number of carbonyl (C=O) groups excluding carboxylic acids is 2. The highest BCUT2D eigenvalue weighted by molar-refractivity contribution is 5.95. The monoisotopic (exact) mass is 277 g/mol. The number of hydrogen-bond donors (Lipinski definition) is 1. The van der Waals surface area contributed by atoms with Gasteiger partial charge in [0.05, 0.1) is 7.11 Å². The van der Waals surface area contributed by atoms with Crippen molar-refractivity contribution in [3.05, 3.63) is 23.8 Å². The number of carbonyl (C=O) groups is 2. The molecule has 1 fully saturated rings. The molecule has 1 aromatic carbocycles. The van der Waals surface area contributed by atoms with E-state index < -0.39 is 0 Å². The zero-order valence-corrected chi connectivity index (χ0v) is 11.8. The minimum Gasteiger partial charge on any atom is -0.504 e. The van der Waals surface area contributed by atoms with E-state index in [1.807, 2.05) is 0 Å². The van der Waals surface area contributed by atoms with Crippen LogP contribution in [0.4, 0.5) is 0 Å². The Morgan fingerprint density at radius 2 is 2.20 bits per heavy atom. The number of amides is 1. The molecule has 2 rings (SSSR count). The average molecular weight is 277 g/mol. The first kappa shape index (κ1) is 14.4. The third-order valence-corrected chi connectivity index (χ3v) is 3.59. The van der Waals surface area contributed by atoms with Gasteiger partial charge in [-0.3, -0.25) is 9.59 Å². The van der Waals surface area contributed by atoms with Gasteiger partial charge in [-0.2, -0.15) is 0 Å². The van der Waals surface area contributed by atoms with Crippen LogP contribution in [0.1, 0.15) is 36.5 Å². The number of Topliss-reactive ketones (excluding diaryl/α,β-unsaturated/α-hetero) is 1. The van der Waals surface area contributed by atoms with E-state index in [0.29, 0.717) is 24.3 Å². The van der Waals surface area contributed by atoms with E-state index >= 15 is 0 Å². The number of benzene rings is 1. The largest absolute Gasteiger partial charge is 0.504 e. The summed E-state index contributed by atoms with van der Waals surface area (Å²) in [6.45, 7) is 2.20. The molecule has 5 nitrogen and oxygen atoms in total. The summed E-state index contributed by atoms with van der Waals surface area (Å²) in [5, 5.41) is 9.74. The number of hydrogen-bond acceptors (Lipinski definition) is 4. The van der Waals surface area contributed by atoms with Gasteiger partial charge in [0.15, 0.2) is 11.5 Å². The van der Waals surface area contributed by atoms with Gasteiger partial charge in [0.2, 0.25) is 0 Å². The van der Waals surface area contributed by atoms with Crippen LogP contribution in [0.15, 0.2) is 18.2 Å². The molecule has 0 aliphatic carbocycles. The van der Waals surface area contributed by atoms with Crippen LogP contribution < -0.4 is 4.74 Å². The molecule has 108 valence electrons. The first-order valence-electron chi connectivity index (χ1n) is 6.70. The van der Waals surface area contributed by atoms with Gasteiger partial charge in [0, 0.05) is 24.6 Å². The minimum atomic E-state index is -0.147. The van der Waals surface area contributed by atoms with E-state index in [1.54, 1.807) is 24.0 Å². The number of aromatic hydroxyl groups is 1. The highest BCUT2D eigenvalue weighted by atomic mass is 16.5. The van der Waals surface area contributed by atoms with E-state index in [0.717, 1.165) is 12.8 Å². The molecule has 1 saturated heterocycles. The molecule has 1 aromatic rings. The smallest absolute Gasteiger partial charge is 0.254 e. The van der Waals surface area contributed by atoms with Gasteiger partial charge in [-0.25, -0.2) is 0 Å². The van der Waals surface area contributed by atoms with Crippen LogP contribution in [-0.2, 0) is 4.79 Å². The Kier molecular flexibility index (Phi) is 4.27. The van der Waals surface area contributed by atoms with Crippen molar-refractivity contribution >= 4 is 11.7 Å². The zero-order valence-electron chi connectivity index (χ0n) is 11.8. The van der Waals surface area contributed by atoms with Gasteiger partial charge in [0.1, 0.15) is 5.78 Å². The fourth-order valence-electron chi connectivity index (χ4n) is 2.64. The van der Waals surface area contributed by atoms with Crippen LogP contribution in [0.3, 0.4) is 0 Å². The van der Waals surface area contributed by atoms with Gasteiger partial charge >= 0.3 is 0 Å². The molecule has 1 amide bonds. The van der Waals surface area contributed by atoms with E-state index in [9.17, 15) is 14.7 Å². The second-order valence-corrected chi connectivity index (χ2v) is 5.09. The number of phenolic OH excluding ortho intramolecular Hbond substituents is 1. The van der Waals surface area contributed by atoms with Crippen molar-refractivity contribution in [3.63, 3.8) is 0 Å². The summed E-state index contributed by atoms with van der Waals surface area (Å²) in [5.74, 6) is 0.225. The lowest BCUT2D eigenvalue weighted by atomic mass is 10.1. The molecule has 0 saturated carbocycles. The second-order valence-electron chi connectivity index (χ2n) is 5.09. The fourth-order valence-corrected chi connectivity index (χ4v) is 2.64. The molecule has 1 N–H and O–H groups in total. The number of nitrogens with zero attached hydrogens (tertiary/aromatic N) is 1. The number of likely N-dealkylation sites (tertiary alicyclic amines) is 1. The summed E-state index contributed by atoms with van der Waals surface area (Å²) in [4.78, 5) is 25.4. The molecule has 1 aliphatic heterocycles. The summed E-state index contributed by atoms with van der Waals surface area (Å²) in [6.07, 6.45) is 2.16. The van der Waals surface area contributed by atoms with Crippen LogP contribution in [-0.4, -0.2) is 41.4 Å². The van der Waals surface area contributed by atoms with Crippen molar-refractivity contribution in [2.45, 2.75) is 32.2 Å². The van der Waals surface area contributed by atoms with E-state index in [-0.39, 0.29) is 23.5 Å². The average Bonchev–Trinajstić information content (AvgIpc) is 2.85. The summed E-state index contributed by atoms with van der Waals surface area (Å²) >= 11 is 0. The second kappa shape index (κ2) is 5.94. The molecule has 1 atom stereocenters. The van der Waals surface area contributed by atoms with Crippen LogP contribution >= 0.6 is 0 Å². The van der Waals surface area contributed by atoms with Crippen molar-refractivity contribution < 1.29 is 19.4 Å². The Morgan fingerprint density at radius 3 is 2.80 bits per heavy atom. The lowest BCUT2D eigenvalue weighted by molar-refractivity contribution is -0.117. The predicted octanol–water partition coefficient (Wildman–Crippen LogP) is 1.98. The number of rotatable bonds is 4. The van der Waals surface area contributed by atoms with Crippen molar-refractivity contribution in [1.82, 2.24) is 4.90 Å². The Balaban J connectivity index is 2.18. The van der Waals surface area contributed by atoms with E-state index in [2.05, 4.69) is 0 Å². The van der Waals surface area contributed by atoms with Crippen LogP contribution in [0.2, 0.25) is 0 Å². The highest BCUT2D eigenvalue weighted by Crippen LogP contribution is 2.29. The molecule has 20 heavy (non-hydrogen) atoms. The molecule has 0 aromatic heterocycles. The van der Waals surface area contributed by atoms with Gasteiger partial charge < -0.3 is 14.7 Å². The molecule has 1 unspecified atom stereocenters. The van der Waals surface area contributed by atoms with Crippen molar-refractivity contribution in [1.29, 1.82) is 0 Å². The zero-order chi connectivity index (χ0) is 14.7. The summed E-state index contributed by atoms with van der Waals surface area (Å²) in [5.41, 5.74) is 0.416. The predicted molar refractivity (Wildman–Crippen MR) is 74.0 cm³/mol. The van der Waals surface area contributed by atoms with Gasteiger partial charge in [-0.05, 0) is 38.0 Å². The first-order chi connectivity index (χ1) is 9.52. The van der Waals surface area contributed by atoms with Crippen LogP contribution in [0, 0.1) is 0 Å². The molecule has 5 heteroatoms. The van der Waals surface area contributed by atoms with Gasteiger partial charge in [-0.1, -0.05) is 0 Å². The number of phenols is 1. The summed E-state index contributed by atoms with van der Waals surface area (Å²) in [6, 6.07) is 4.58. The third-order valence-electron chi connectivity index (χ3n) is 3.59. The van der Waals surface area contributed by atoms with Crippen molar-refractivity contribution in [3.8, 4) is 11.5 Å². The molecule has 1 aliphatic rings. The third kappa shape index (κ3) is 2.92. The number of ketones is 1. The normalized spacial score (nSPS) is 18.1. The number of methoxy groups -OCH3 is 1.